The first kappa shape index (κ1) is 17.0. The van der Waals surface area contributed by atoms with Crippen molar-refractivity contribution >= 4 is 17.5 Å². The standard InChI is InChI=1S/C17H19ClFN3O2/c18-13-9-15(20-10-13)17(23)21-11-16(22-5-7-24-8-6-22)12-1-3-14(19)4-2-12/h1-4,9-10,16,20H,5-8,11H2,(H,21,23). The molecule has 5 nitrogen and oxygen atoms in total. The van der Waals surface area contributed by atoms with Gasteiger partial charge >= 0.3 is 0 Å². The summed E-state index contributed by atoms with van der Waals surface area (Å²) < 4.78 is 18.6. The van der Waals surface area contributed by atoms with Crippen molar-refractivity contribution in [1.29, 1.82) is 0 Å². The Hall–Kier alpha value is -1.89. The molecule has 3 rings (SSSR count). The van der Waals surface area contributed by atoms with Crippen LogP contribution in [0.3, 0.4) is 0 Å². The summed E-state index contributed by atoms with van der Waals surface area (Å²) in [6, 6.07) is 7.94. The van der Waals surface area contributed by atoms with Gasteiger partial charge in [-0.25, -0.2) is 4.39 Å². The number of aromatic nitrogens is 1. The van der Waals surface area contributed by atoms with Crippen molar-refractivity contribution in [3.05, 3.63) is 58.6 Å². The molecule has 2 heterocycles. The number of benzene rings is 1. The number of rotatable bonds is 5. The first-order chi connectivity index (χ1) is 11.6. The lowest BCUT2D eigenvalue weighted by Crippen LogP contribution is -2.43. The Labute approximate surface area is 144 Å². The summed E-state index contributed by atoms with van der Waals surface area (Å²) in [6.07, 6.45) is 1.57. The maximum absolute atomic E-state index is 13.2. The third-order valence-corrected chi connectivity index (χ3v) is 4.31. The van der Waals surface area contributed by atoms with Gasteiger partial charge in [-0.2, -0.15) is 0 Å². The van der Waals surface area contributed by atoms with E-state index in [9.17, 15) is 9.18 Å². The summed E-state index contributed by atoms with van der Waals surface area (Å²) >= 11 is 5.83. The second-order valence-electron chi connectivity index (χ2n) is 5.66. The van der Waals surface area contributed by atoms with Crippen LogP contribution >= 0.6 is 11.6 Å². The molecule has 1 amide bonds. The molecule has 1 saturated heterocycles. The monoisotopic (exact) mass is 351 g/mol. The van der Waals surface area contributed by atoms with Gasteiger partial charge in [-0.1, -0.05) is 23.7 Å². The number of halogens is 2. The van der Waals surface area contributed by atoms with Crippen LogP contribution in [0.15, 0.2) is 36.5 Å². The van der Waals surface area contributed by atoms with E-state index in [4.69, 9.17) is 16.3 Å². The molecule has 1 unspecified atom stereocenters. The fourth-order valence-electron chi connectivity index (χ4n) is 2.82. The number of hydrogen-bond donors (Lipinski definition) is 2. The first-order valence-corrected chi connectivity index (χ1v) is 8.20. The van der Waals surface area contributed by atoms with E-state index in [1.165, 1.54) is 12.1 Å². The van der Waals surface area contributed by atoms with E-state index in [2.05, 4.69) is 15.2 Å². The molecule has 1 aromatic carbocycles. The third kappa shape index (κ3) is 4.14. The molecule has 128 valence electrons. The van der Waals surface area contributed by atoms with Crippen LogP contribution in [0.5, 0.6) is 0 Å². The highest BCUT2D eigenvalue weighted by atomic mass is 35.5. The molecule has 7 heteroatoms. The van der Waals surface area contributed by atoms with E-state index in [0.29, 0.717) is 30.5 Å². The number of hydrogen-bond acceptors (Lipinski definition) is 3. The molecule has 1 atom stereocenters. The van der Waals surface area contributed by atoms with Gasteiger partial charge in [0.25, 0.3) is 5.91 Å². The lowest BCUT2D eigenvalue weighted by atomic mass is 10.0. The molecule has 0 bridgehead atoms. The second kappa shape index (κ2) is 7.79. The summed E-state index contributed by atoms with van der Waals surface area (Å²) in [5.41, 5.74) is 1.38. The zero-order valence-electron chi connectivity index (χ0n) is 13.1. The van der Waals surface area contributed by atoms with Gasteiger partial charge < -0.3 is 15.0 Å². The molecule has 1 aliphatic rings. The molecular formula is C17H19ClFN3O2. The van der Waals surface area contributed by atoms with Gasteiger partial charge in [-0.05, 0) is 23.8 Å². The molecule has 0 radical (unpaired) electrons. The highest BCUT2D eigenvalue weighted by Gasteiger charge is 2.23. The maximum Gasteiger partial charge on any atom is 0.267 e. The predicted molar refractivity (Wildman–Crippen MR) is 89.7 cm³/mol. The van der Waals surface area contributed by atoms with Gasteiger partial charge in [0.1, 0.15) is 11.5 Å². The number of nitrogens with one attached hydrogen (secondary N) is 2. The van der Waals surface area contributed by atoms with E-state index < -0.39 is 0 Å². The number of nitrogens with zero attached hydrogens (tertiary/aromatic N) is 1. The van der Waals surface area contributed by atoms with Crippen LogP contribution < -0.4 is 5.32 Å². The van der Waals surface area contributed by atoms with Crippen LogP contribution in [0.4, 0.5) is 4.39 Å². The SMILES string of the molecule is O=C(NCC(c1ccc(F)cc1)N1CCOCC1)c1cc(Cl)c[nH]1. The molecule has 1 fully saturated rings. The summed E-state index contributed by atoms with van der Waals surface area (Å²) in [7, 11) is 0. The van der Waals surface area contributed by atoms with Gasteiger partial charge in [0.2, 0.25) is 0 Å². The normalized spacial score (nSPS) is 16.8. The van der Waals surface area contributed by atoms with E-state index in [1.807, 2.05) is 0 Å². The summed E-state index contributed by atoms with van der Waals surface area (Å²) in [5.74, 6) is -0.494. The molecule has 0 saturated carbocycles. The maximum atomic E-state index is 13.2. The van der Waals surface area contributed by atoms with Crippen LogP contribution in [-0.2, 0) is 4.74 Å². The largest absolute Gasteiger partial charge is 0.379 e. The summed E-state index contributed by atoms with van der Waals surface area (Å²) in [4.78, 5) is 17.3. The second-order valence-corrected chi connectivity index (χ2v) is 6.09. The van der Waals surface area contributed by atoms with Crippen LogP contribution in [0.1, 0.15) is 22.1 Å². The van der Waals surface area contributed by atoms with Crippen LogP contribution in [0.2, 0.25) is 5.02 Å². The summed E-state index contributed by atoms with van der Waals surface area (Å²) in [5, 5.41) is 3.41. The first-order valence-electron chi connectivity index (χ1n) is 7.83. The number of ether oxygens (including phenoxy) is 1. The lowest BCUT2D eigenvalue weighted by molar-refractivity contribution is 0.0162. The van der Waals surface area contributed by atoms with Crippen molar-refractivity contribution in [1.82, 2.24) is 15.2 Å². The molecule has 1 aromatic heterocycles. The molecule has 0 aliphatic carbocycles. The number of amides is 1. The minimum Gasteiger partial charge on any atom is -0.379 e. The average molecular weight is 352 g/mol. The number of carbonyl (C=O) groups is 1. The number of aromatic amines is 1. The van der Waals surface area contributed by atoms with Crippen LogP contribution in [0.25, 0.3) is 0 Å². The minimum atomic E-state index is -0.274. The number of carbonyl (C=O) groups excluding carboxylic acids is 1. The minimum absolute atomic E-state index is 0.0381. The van der Waals surface area contributed by atoms with Crippen LogP contribution in [0, 0.1) is 5.82 Å². The predicted octanol–water partition coefficient (Wildman–Crippen LogP) is 2.61. The Bertz CT molecular complexity index is 683. The van der Waals surface area contributed by atoms with Crippen molar-refractivity contribution in [2.24, 2.45) is 0 Å². The van der Waals surface area contributed by atoms with Gasteiger partial charge in [-0.15, -0.1) is 0 Å². The summed E-state index contributed by atoms with van der Waals surface area (Å²) in [6.45, 7) is 3.26. The van der Waals surface area contributed by atoms with Gasteiger partial charge in [0.15, 0.2) is 0 Å². The fourth-order valence-corrected chi connectivity index (χ4v) is 2.98. The van der Waals surface area contributed by atoms with Crippen LogP contribution in [-0.4, -0.2) is 48.6 Å². The smallest absolute Gasteiger partial charge is 0.267 e. The van der Waals surface area contributed by atoms with Crippen molar-refractivity contribution in [2.45, 2.75) is 6.04 Å². The Balaban J connectivity index is 1.71. The van der Waals surface area contributed by atoms with Gasteiger partial charge in [0, 0.05) is 25.8 Å². The average Bonchev–Trinajstić information content (AvgIpc) is 3.04. The molecule has 2 aromatic rings. The highest BCUT2D eigenvalue weighted by molar-refractivity contribution is 6.30. The van der Waals surface area contributed by atoms with Crippen molar-refractivity contribution in [2.75, 3.05) is 32.8 Å². The molecule has 2 N–H and O–H groups in total. The molecule has 24 heavy (non-hydrogen) atoms. The molecular weight excluding hydrogens is 333 g/mol. The number of morpholine rings is 1. The Kier molecular flexibility index (Phi) is 5.50. The Morgan fingerprint density at radius 1 is 1.33 bits per heavy atom. The Morgan fingerprint density at radius 2 is 2.04 bits per heavy atom. The zero-order chi connectivity index (χ0) is 16.9. The highest BCUT2D eigenvalue weighted by Crippen LogP contribution is 2.22. The molecule has 1 aliphatic heterocycles. The van der Waals surface area contributed by atoms with Crippen molar-refractivity contribution in [3.63, 3.8) is 0 Å². The van der Waals surface area contributed by atoms with Gasteiger partial charge in [0.05, 0.1) is 24.3 Å². The van der Waals surface area contributed by atoms with Crippen molar-refractivity contribution < 1.29 is 13.9 Å². The van der Waals surface area contributed by atoms with E-state index >= 15 is 0 Å². The third-order valence-electron chi connectivity index (χ3n) is 4.09. The zero-order valence-corrected chi connectivity index (χ0v) is 13.9. The van der Waals surface area contributed by atoms with Gasteiger partial charge in [-0.3, -0.25) is 9.69 Å². The van der Waals surface area contributed by atoms with Crippen molar-refractivity contribution in [3.8, 4) is 0 Å². The van der Waals surface area contributed by atoms with E-state index in [1.54, 1.807) is 24.4 Å². The van der Waals surface area contributed by atoms with E-state index in [-0.39, 0.29) is 17.8 Å². The topological polar surface area (TPSA) is 57.4 Å². The lowest BCUT2D eigenvalue weighted by Gasteiger charge is -2.34. The molecule has 0 spiro atoms. The quantitative estimate of drug-likeness (QED) is 0.870. The fraction of sp³-hybridized carbons (Fsp3) is 0.353. The Morgan fingerprint density at radius 3 is 2.67 bits per heavy atom. The van der Waals surface area contributed by atoms with E-state index in [0.717, 1.165) is 18.7 Å². The number of H-pyrrole nitrogens is 1.